The number of guanidine groups is 1. The number of carbonyl (C=O) groups excluding carboxylic acids is 1. The van der Waals surface area contributed by atoms with Crippen LogP contribution in [0.25, 0.3) is 11.3 Å². The SMILES string of the molecule is NC(=O)c1ccc(-c2csc(N=C(N)N)n2)cc1. The molecular weight excluding hydrogens is 250 g/mol. The van der Waals surface area contributed by atoms with Crippen molar-refractivity contribution < 1.29 is 4.79 Å². The maximum Gasteiger partial charge on any atom is 0.248 e. The smallest absolute Gasteiger partial charge is 0.248 e. The van der Waals surface area contributed by atoms with E-state index in [1.807, 2.05) is 5.38 Å². The molecule has 1 aromatic carbocycles. The van der Waals surface area contributed by atoms with Crippen molar-refractivity contribution in [1.29, 1.82) is 0 Å². The van der Waals surface area contributed by atoms with Crippen molar-refractivity contribution in [2.45, 2.75) is 0 Å². The molecule has 1 amide bonds. The Hall–Kier alpha value is -2.41. The van der Waals surface area contributed by atoms with Gasteiger partial charge in [0, 0.05) is 16.5 Å². The fourth-order valence-corrected chi connectivity index (χ4v) is 2.08. The first-order chi connectivity index (χ1) is 8.56. The number of hydrogen-bond donors (Lipinski definition) is 3. The molecule has 0 aliphatic heterocycles. The molecule has 0 spiro atoms. The third kappa shape index (κ3) is 2.64. The Kier molecular flexibility index (Phi) is 3.24. The van der Waals surface area contributed by atoms with E-state index < -0.39 is 5.91 Å². The summed E-state index contributed by atoms with van der Waals surface area (Å²) in [6.07, 6.45) is 0. The van der Waals surface area contributed by atoms with Crippen LogP contribution in [0.3, 0.4) is 0 Å². The van der Waals surface area contributed by atoms with E-state index in [-0.39, 0.29) is 5.96 Å². The summed E-state index contributed by atoms with van der Waals surface area (Å²) < 4.78 is 0. The fraction of sp³-hybridized carbons (Fsp3) is 0. The quantitative estimate of drug-likeness (QED) is 0.559. The Morgan fingerprint density at radius 2 is 1.83 bits per heavy atom. The number of rotatable bonds is 3. The summed E-state index contributed by atoms with van der Waals surface area (Å²) in [4.78, 5) is 19.0. The van der Waals surface area contributed by atoms with Crippen molar-refractivity contribution in [2.24, 2.45) is 22.2 Å². The third-order valence-electron chi connectivity index (χ3n) is 2.18. The maximum atomic E-state index is 10.9. The number of aliphatic imine (C=N–C) groups is 1. The molecular formula is C11H11N5OS. The monoisotopic (exact) mass is 261 g/mol. The summed E-state index contributed by atoms with van der Waals surface area (Å²) >= 11 is 1.33. The zero-order valence-electron chi connectivity index (χ0n) is 9.33. The van der Waals surface area contributed by atoms with Crippen LogP contribution in [0.5, 0.6) is 0 Å². The van der Waals surface area contributed by atoms with Gasteiger partial charge in [-0.1, -0.05) is 12.1 Å². The van der Waals surface area contributed by atoms with Gasteiger partial charge in [-0.3, -0.25) is 4.79 Å². The summed E-state index contributed by atoms with van der Waals surface area (Å²) in [5, 5.41) is 2.32. The summed E-state index contributed by atoms with van der Waals surface area (Å²) in [6, 6.07) is 6.84. The zero-order chi connectivity index (χ0) is 13.1. The lowest BCUT2D eigenvalue weighted by Crippen LogP contribution is -2.21. The highest BCUT2D eigenvalue weighted by molar-refractivity contribution is 7.13. The molecule has 0 unspecified atom stereocenters. The van der Waals surface area contributed by atoms with E-state index in [0.717, 1.165) is 11.3 Å². The summed E-state index contributed by atoms with van der Waals surface area (Å²) in [6.45, 7) is 0. The van der Waals surface area contributed by atoms with Gasteiger partial charge in [-0.15, -0.1) is 11.3 Å². The van der Waals surface area contributed by atoms with Crippen LogP contribution in [0.1, 0.15) is 10.4 Å². The molecule has 92 valence electrons. The number of thiazole rings is 1. The van der Waals surface area contributed by atoms with E-state index in [2.05, 4.69) is 9.98 Å². The van der Waals surface area contributed by atoms with Gasteiger partial charge < -0.3 is 17.2 Å². The van der Waals surface area contributed by atoms with Crippen molar-refractivity contribution in [3.8, 4) is 11.3 Å². The fourth-order valence-electron chi connectivity index (χ4n) is 1.36. The average Bonchev–Trinajstić information content (AvgIpc) is 2.76. The molecule has 6 N–H and O–H groups in total. The van der Waals surface area contributed by atoms with E-state index in [4.69, 9.17) is 17.2 Å². The van der Waals surface area contributed by atoms with E-state index in [1.54, 1.807) is 24.3 Å². The lowest BCUT2D eigenvalue weighted by Gasteiger charge is -1.98. The molecule has 1 aromatic heterocycles. The maximum absolute atomic E-state index is 10.9. The summed E-state index contributed by atoms with van der Waals surface area (Å²) in [7, 11) is 0. The molecule has 18 heavy (non-hydrogen) atoms. The summed E-state index contributed by atoms with van der Waals surface area (Å²) in [5.74, 6) is -0.485. The second kappa shape index (κ2) is 4.84. The molecule has 6 nitrogen and oxygen atoms in total. The summed E-state index contributed by atoms with van der Waals surface area (Å²) in [5.41, 5.74) is 17.8. The first-order valence-electron chi connectivity index (χ1n) is 5.01. The van der Waals surface area contributed by atoms with Gasteiger partial charge in [-0.25, -0.2) is 4.98 Å². The van der Waals surface area contributed by atoms with Crippen LogP contribution in [0.15, 0.2) is 34.6 Å². The minimum absolute atomic E-state index is 0.0278. The molecule has 0 fully saturated rings. The van der Waals surface area contributed by atoms with Crippen molar-refractivity contribution in [2.75, 3.05) is 0 Å². The van der Waals surface area contributed by atoms with Crippen LogP contribution < -0.4 is 17.2 Å². The number of primary amides is 1. The number of amides is 1. The van der Waals surface area contributed by atoms with Crippen LogP contribution in [-0.2, 0) is 0 Å². The van der Waals surface area contributed by atoms with Gasteiger partial charge in [-0.05, 0) is 12.1 Å². The Labute approximate surface area is 107 Å². The van der Waals surface area contributed by atoms with Gasteiger partial charge in [0.05, 0.1) is 5.69 Å². The molecule has 2 rings (SSSR count). The average molecular weight is 261 g/mol. The van der Waals surface area contributed by atoms with Crippen LogP contribution >= 0.6 is 11.3 Å². The highest BCUT2D eigenvalue weighted by atomic mass is 32.1. The van der Waals surface area contributed by atoms with Crippen molar-refractivity contribution in [3.05, 3.63) is 35.2 Å². The number of aromatic nitrogens is 1. The Morgan fingerprint density at radius 1 is 1.17 bits per heavy atom. The number of nitrogens with two attached hydrogens (primary N) is 3. The highest BCUT2D eigenvalue weighted by Gasteiger charge is 2.05. The largest absolute Gasteiger partial charge is 0.370 e. The molecule has 0 radical (unpaired) electrons. The lowest BCUT2D eigenvalue weighted by atomic mass is 10.1. The Bertz CT molecular complexity index is 598. The van der Waals surface area contributed by atoms with E-state index >= 15 is 0 Å². The normalized spacial score (nSPS) is 10.0. The van der Waals surface area contributed by atoms with Crippen molar-refractivity contribution in [3.63, 3.8) is 0 Å². The van der Waals surface area contributed by atoms with Crippen LogP contribution in [-0.4, -0.2) is 16.9 Å². The van der Waals surface area contributed by atoms with Gasteiger partial charge in [-0.2, -0.15) is 4.99 Å². The molecule has 0 aliphatic rings. The predicted molar refractivity (Wildman–Crippen MR) is 71.5 cm³/mol. The molecule has 0 atom stereocenters. The molecule has 0 saturated heterocycles. The topological polar surface area (TPSA) is 120 Å². The van der Waals surface area contributed by atoms with E-state index in [0.29, 0.717) is 10.7 Å². The Morgan fingerprint density at radius 3 is 2.39 bits per heavy atom. The van der Waals surface area contributed by atoms with Crippen LogP contribution in [0.2, 0.25) is 0 Å². The number of benzene rings is 1. The highest BCUT2D eigenvalue weighted by Crippen LogP contribution is 2.26. The minimum Gasteiger partial charge on any atom is -0.370 e. The van der Waals surface area contributed by atoms with Gasteiger partial charge in [0.1, 0.15) is 0 Å². The van der Waals surface area contributed by atoms with Crippen molar-refractivity contribution >= 4 is 28.3 Å². The van der Waals surface area contributed by atoms with Gasteiger partial charge in [0.2, 0.25) is 11.0 Å². The standard InChI is InChI=1S/C11H11N5OS/c12-9(17)7-3-1-6(2-4-7)8-5-18-11(15-8)16-10(13)14/h1-5H,(H2,12,17)(H4,13,14,15,16). The number of carbonyl (C=O) groups is 1. The first kappa shape index (κ1) is 12.1. The Balaban J connectivity index is 2.29. The minimum atomic E-state index is -0.457. The van der Waals surface area contributed by atoms with Gasteiger partial charge in [0.25, 0.3) is 0 Å². The third-order valence-corrected chi connectivity index (χ3v) is 2.92. The molecule has 2 aromatic rings. The second-order valence-corrected chi connectivity index (χ2v) is 4.33. The van der Waals surface area contributed by atoms with E-state index in [9.17, 15) is 4.79 Å². The van der Waals surface area contributed by atoms with Crippen molar-refractivity contribution in [1.82, 2.24) is 4.98 Å². The van der Waals surface area contributed by atoms with Crippen LogP contribution in [0, 0.1) is 0 Å². The molecule has 0 aliphatic carbocycles. The molecule has 0 bridgehead atoms. The van der Waals surface area contributed by atoms with Gasteiger partial charge in [0.15, 0.2) is 5.96 Å². The molecule has 7 heteroatoms. The first-order valence-corrected chi connectivity index (χ1v) is 5.89. The second-order valence-electron chi connectivity index (χ2n) is 3.49. The predicted octanol–water partition coefficient (Wildman–Crippen LogP) is 0.814. The molecule has 0 saturated carbocycles. The van der Waals surface area contributed by atoms with Crippen LogP contribution in [0.4, 0.5) is 5.13 Å². The number of nitrogens with zero attached hydrogens (tertiary/aromatic N) is 2. The lowest BCUT2D eigenvalue weighted by molar-refractivity contribution is 0.100. The zero-order valence-corrected chi connectivity index (χ0v) is 10.1. The van der Waals surface area contributed by atoms with E-state index in [1.165, 1.54) is 11.3 Å². The van der Waals surface area contributed by atoms with Gasteiger partial charge >= 0.3 is 0 Å². The molecule has 1 heterocycles. The number of hydrogen-bond acceptors (Lipinski definition) is 4.